The van der Waals surface area contributed by atoms with E-state index in [2.05, 4.69) is 15.0 Å². The number of azide groups is 1. The molecular formula is C19H18ClN7O. The van der Waals surface area contributed by atoms with Gasteiger partial charge in [0.2, 0.25) is 5.96 Å². The minimum atomic E-state index is -0.755. The molecule has 3 rings (SSSR count). The van der Waals surface area contributed by atoms with Gasteiger partial charge >= 0.3 is 6.03 Å². The van der Waals surface area contributed by atoms with Crippen LogP contribution in [-0.2, 0) is 0 Å². The molecule has 0 saturated heterocycles. The van der Waals surface area contributed by atoms with Crippen LogP contribution < -0.4 is 0 Å². The van der Waals surface area contributed by atoms with Crippen LogP contribution in [0, 0.1) is 0 Å². The van der Waals surface area contributed by atoms with E-state index in [1.54, 1.807) is 12.1 Å². The van der Waals surface area contributed by atoms with Crippen molar-refractivity contribution in [2.75, 3.05) is 20.6 Å². The van der Waals surface area contributed by atoms with Gasteiger partial charge in [-0.25, -0.2) is 5.01 Å². The number of carbonyl (C=O) groups is 1. The van der Waals surface area contributed by atoms with Crippen LogP contribution in [0.4, 0.5) is 4.79 Å². The molecule has 1 aliphatic heterocycles. The highest BCUT2D eigenvalue weighted by Crippen LogP contribution is 2.29. The quantitative estimate of drug-likeness (QED) is 0.246. The Bertz CT molecular complexity index is 966. The number of benzene rings is 2. The summed E-state index contributed by atoms with van der Waals surface area (Å²) in [5, 5.41) is 10.1. The number of hydrogen-bond donors (Lipinski definition) is 0. The van der Waals surface area contributed by atoms with E-state index >= 15 is 0 Å². The highest BCUT2D eigenvalue weighted by Gasteiger charge is 2.33. The second-order valence-electron chi connectivity index (χ2n) is 6.09. The van der Waals surface area contributed by atoms with Crippen molar-refractivity contribution in [3.05, 3.63) is 81.2 Å². The molecule has 1 aliphatic rings. The predicted octanol–water partition coefficient (Wildman–Crippen LogP) is 4.49. The van der Waals surface area contributed by atoms with Gasteiger partial charge in [0.15, 0.2) is 0 Å². The SMILES string of the molecule is CN=C(N1C[C@@H](c2ccccc2)C(c2ccc(Cl)cc2)=N1)N(C)C(=O)N=[N+]=[N-]. The van der Waals surface area contributed by atoms with Gasteiger partial charge in [-0.2, -0.15) is 5.10 Å². The van der Waals surface area contributed by atoms with Crippen molar-refractivity contribution in [1.82, 2.24) is 9.91 Å². The average molecular weight is 396 g/mol. The van der Waals surface area contributed by atoms with Crippen molar-refractivity contribution < 1.29 is 4.79 Å². The Morgan fingerprint density at radius 1 is 1.25 bits per heavy atom. The van der Waals surface area contributed by atoms with Crippen LogP contribution in [0.2, 0.25) is 5.02 Å². The van der Waals surface area contributed by atoms with Crippen molar-refractivity contribution >= 4 is 29.3 Å². The van der Waals surface area contributed by atoms with Crippen LogP contribution in [-0.4, -0.2) is 48.3 Å². The molecule has 2 amide bonds. The number of hydrazone groups is 1. The summed E-state index contributed by atoms with van der Waals surface area (Å²) >= 11 is 6.03. The smallest absolute Gasteiger partial charge is 0.279 e. The third-order valence-corrected chi connectivity index (χ3v) is 4.66. The number of carbonyl (C=O) groups excluding carboxylic acids is 1. The summed E-state index contributed by atoms with van der Waals surface area (Å²) < 4.78 is 0. The first kappa shape index (κ1) is 19.4. The number of rotatable bonds is 2. The lowest BCUT2D eigenvalue weighted by atomic mass is 9.91. The van der Waals surface area contributed by atoms with Crippen LogP contribution >= 0.6 is 11.6 Å². The molecule has 1 atom stereocenters. The van der Waals surface area contributed by atoms with Gasteiger partial charge in [0, 0.05) is 35.1 Å². The number of amides is 2. The fourth-order valence-electron chi connectivity index (χ4n) is 3.08. The summed E-state index contributed by atoms with van der Waals surface area (Å²) in [6.07, 6.45) is 0. The molecule has 0 N–H and O–H groups in total. The van der Waals surface area contributed by atoms with E-state index in [9.17, 15) is 4.79 Å². The molecule has 0 aromatic heterocycles. The van der Waals surface area contributed by atoms with Gasteiger partial charge in [0.25, 0.3) is 0 Å². The van der Waals surface area contributed by atoms with E-state index in [-0.39, 0.29) is 5.92 Å². The van der Waals surface area contributed by atoms with E-state index in [0.717, 1.165) is 16.8 Å². The fraction of sp³-hybridized carbons (Fsp3) is 0.211. The third-order valence-electron chi connectivity index (χ3n) is 4.40. The summed E-state index contributed by atoms with van der Waals surface area (Å²) in [6, 6.07) is 16.7. The van der Waals surface area contributed by atoms with Gasteiger partial charge in [-0.05, 0) is 28.8 Å². The Morgan fingerprint density at radius 3 is 2.54 bits per heavy atom. The molecule has 0 aliphatic carbocycles. The third kappa shape index (κ3) is 3.98. The Morgan fingerprint density at radius 2 is 1.93 bits per heavy atom. The Kier molecular flexibility index (Phi) is 5.93. The van der Waals surface area contributed by atoms with Crippen LogP contribution in [0.25, 0.3) is 10.4 Å². The van der Waals surface area contributed by atoms with Crippen LogP contribution in [0.1, 0.15) is 17.0 Å². The number of nitrogens with zero attached hydrogens (tertiary/aromatic N) is 7. The number of guanidine groups is 1. The topological polar surface area (TPSA) is 97.0 Å². The highest BCUT2D eigenvalue weighted by molar-refractivity contribution is 6.30. The summed E-state index contributed by atoms with van der Waals surface area (Å²) in [7, 11) is 3.05. The zero-order valence-corrected chi connectivity index (χ0v) is 16.2. The molecule has 28 heavy (non-hydrogen) atoms. The van der Waals surface area contributed by atoms with Crippen molar-refractivity contribution in [1.29, 1.82) is 0 Å². The van der Waals surface area contributed by atoms with Gasteiger partial charge in [-0.1, -0.05) is 54.1 Å². The largest absolute Gasteiger partial charge is 0.317 e. The molecule has 142 valence electrons. The van der Waals surface area contributed by atoms with Gasteiger partial charge in [-0.15, -0.1) is 0 Å². The maximum Gasteiger partial charge on any atom is 0.317 e. The Hall–Kier alpha value is -3.35. The number of halogens is 1. The molecule has 0 saturated carbocycles. The summed E-state index contributed by atoms with van der Waals surface area (Å²) in [5.41, 5.74) is 11.4. The normalized spacial score (nSPS) is 16.4. The second kappa shape index (κ2) is 8.56. The summed E-state index contributed by atoms with van der Waals surface area (Å²) in [4.78, 5) is 19.9. The van der Waals surface area contributed by atoms with Gasteiger partial charge in [0.05, 0.1) is 12.3 Å². The lowest BCUT2D eigenvalue weighted by Crippen LogP contribution is -2.41. The summed E-state index contributed by atoms with van der Waals surface area (Å²) in [5.74, 6) is 0.268. The van der Waals surface area contributed by atoms with E-state index < -0.39 is 6.03 Å². The second-order valence-corrected chi connectivity index (χ2v) is 6.53. The molecule has 0 radical (unpaired) electrons. The Balaban J connectivity index is 2.00. The number of hydrogen-bond acceptors (Lipinski definition) is 3. The molecule has 0 spiro atoms. The highest BCUT2D eigenvalue weighted by atomic mass is 35.5. The van der Waals surface area contributed by atoms with Crippen molar-refractivity contribution in [3.63, 3.8) is 0 Å². The zero-order chi connectivity index (χ0) is 20.1. The maximum atomic E-state index is 12.0. The molecule has 0 unspecified atom stereocenters. The molecule has 2 aromatic carbocycles. The van der Waals surface area contributed by atoms with E-state index in [0.29, 0.717) is 17.5 Å². The Labute approximate surface area is 167 Å². The molecule has 0 bridgehead atoms. The standard InChI is InChI=1S/C19H18ClN7O/c1-22-18(26(2)19(28)23-25-21)27-12-16(13-6-4-3-5-7-13)17(24-27)14-8-10-15(20)11-9-14/h3-11,16H,12H2,1-2H3/t16-/m0/s1. The zero-order valence-electron chi connectivity index (χ0n) is 15.4. The van der Waals surface area contributed by atoms with Crippen LogP contribution in [0.3, 0.4) is 0 Å². The molecule has 2 aromatic rings. The number of urea groups is 1. The fourth-order valence-corrected chi connectivity index (χ4v) is 3.21. The van der Waals surface area contributed by atoms with Gasteiger partial charge in [-0.3, -0.25) is 14.7 Å². The van der Waals surface area contributed by atoms with Crippen LogP contribution in [0.15, 0.2) is 69.8 Å². The molecule has 0 fully saturated rings. The minimum absolute atomic E-state index is 0.0258. The minimum Gasteiger partial charge on any atom is -0.279 e. The molecule has 8 nitrogen and oxygen atoms in total. The molecule has 9 heteroatoms. The lowest BCUT2D eigenvalue weighted by molar-refractivity contribution is 0.230. The molecular weight excluding hydrogens is 378 g/mol. The molecule has 1 heterocycles. The van der Waals surface area contributed by atoms with Crippen molar-refractivity contribution in [3.8, 4) is 0 Å². The average Bonchev–Trinajstić information content (AvgIpc) is 3.15. The summed E-state index contributed by atoms with van der Waals surface area (Å²) in [6.45, 7) is 0.489. The van der Waals surface area contributed by atoms with E-state index in [1.165, 1.54) is 11.9 Å². The maximum absolute atomic E-state index is 12.0. The monoisotopic (exact) mass is 395 g/mol. The first-order valence-electron chi connectivity index (χ1n) is 8.51. The lowest BCUT2D eigenvalue weighted by Gasteiger charge is -2.24. The van der Waals surface area contributed by atoms with Gasteiger partial charge in [0.1, 0.15) is 0 Å². The van der Waals surface area contributed by atoms with E-state index in [1.807, 2.05) is 54.6 Å². The van der Waals surface area contributed by atoms with Crippen molar-refractivity contribution in [2.24, 2.45) is 15.2 Å². The number of aliphatic imine (C=N–C) groups is 1. The first-order chi connectivity index (χ1) is 13.5. The van der Waals surface area contributed by atoms with Crippen LogP contribution in [0.5, 0.6) is 0 Å². The van der Waals surface area contributed by atoms with E-state index in [4.69, 9.17) is 22.2 Å². The van der Waals surface area contributed by atoms with Gasteiger partial charge < -0.3 is 0 Å². The predicted molar refractivity (Wildman–Crippen MR) is 110 cm³/mol. The first-order valence-corrected chi connectivity index (χ1v) is 8.89. The van der Waals surface area contributed by atoms with Crippen molar-refractivity contribution in [2.45, 2.75) is 5.92 Å².